The minimum Gasteiger partial charge on any atom is -0.476 e. The van der Waals surface area contributed by atoms with E-state index in [2.05, 4.69) is 10.3 Å². The summed E-state index contributed by atoms with van der Waals surface area (Å²) in [5.41, 5.74) is 1.66. The standard InChI is InChI=1S/C17H21N3O2/c21-17(22)16-15(12-11-13-7-3-1-4-8-13)20(19-18-16)14-9-5-2-6-10-14/h2,5-6,9-10,13H,1,3-4,7-8,11-12H2,(H,21,22). The van der Waals surface area contributed by atoms with E-state index >= 15 is 0 Å². The number of rotatable bonds is 5. The van der Waals surface area contributed by atoms with Gasteiger partial charge in [-0.3, -0.25) is 0 Å². The molecule has 1 aliphatic rings. The second-order valence-electron chi connectivity index (χ2n) is 5.98. The van der Waals surface area contributed by atoms with Gasteiger partial charge in [0.25, 0.3) is 0 Å². The molecule has 2 aromatic rings. The molecule has 3 rings (SSSR count). The molecule has 1 aromatic heterocycles. The van der Waals surface area contributed by atoms with Crippen molar-refractivity contribution in [3.8, 4) is 5.69 Å². The lowest BCUT2D eigenvalue weighted by Gasteiger charge is -2.21. The summed E-state index contributed by atoms with van der Waals surface area (Å²) < 4.78 is 1.67. The molecule has 0 saturated heterocycles. The Balaban J connectivity index is 1.83. The molecule has 0 unspecified atom stereocenters. The van der Waals surface area contributed by atoms with E-state index in [1.807, 2.05) is 30.3 Å². The van der Waals surface area contributed by atoms with E-state index in [4.69, 9.17) is 0 Å². The SMILES string of the molecule is O=C(O)c1nnn(-c2ccccc2)c1CCC1CCCCC1. The second-order valence-corrected chi connectivity index (χ2v) is 5.98. The molecule has 1 N–H and O–H groups in total. The van der Waals surface area contributed by atoms with E-state index in [0.717, 1.165) is 12.1 Å². The second kappa shape index (κ2) is 6.73. The molecule has 1 aromatic carbocycles. The van der Waals surface area contributed by atoms with Crippen LogP contribution in [0.4, 0.5) is 0 Å². The highest BCUT2D eigenvalue weighted by Gasteiger charge is 2.21. The highest BCUT2D eigenvalue weighted by atomic mass is 16.4. The summed E-state index contributed by atoms with van der Waals surface area (Å²) >= 11 is 0. The smallest absolute Gasteiger partial charge is 0.358 e. The maximum atomic E-state index is 11.4. The van der Waals surface area contributed by atoms with Crippen molar-refractivity contribution in [3.05, 3.63) is 41.7 Å². The summed E-state index contributed by atoms with van der Waals surface area (Å²) in [5, 5.41) is 17.3. The molecular formula is C17H21N3O2. The first-order valence-corrected chi connectivity index (χ1v) is 7.99. The van der Waals surface area contributed by atoms with Crippen LogP contribution < -0.4 is 0 Å². The molecule has 1 saturated carbocycles. The Labute approximate surface area is 130 Å². The largest absolute Gasteiger partial charge is 0.476 e. The van der Waals surface area contributed by atoms with Gasteiger partial charge in [-0.1, -0.05) is 55.5 Å². The van der Waals surface area contributed by atoms with Crippen molar-refractivity contribution in [1.29, 1.82) is 0 Å². The van der Waals surface area contributed by atoms with Gasteiger partial charge in [-0.15, -0.1) is 5.10 Å². The first-order valence-electron chi connectivity index (χ1n) is 7.99. The van der Waals surface area contributed by atoms with Crippen LogP contribution in [0.2, 0.25) is 0 Å². The molecule has 0 atom stereocenters. The number of carboxylic acids is 1. The maximum absolute atomic E-state index is 11.4. The van der Waals surface area contributed by atoms with E-state index in [9.17, 15) is 9.90 Å². The molecule has 5 heteroatoms. The molecule has 0 spiro atoms. The lowest BCUT2D eigenvalue weighted by Crippen LogP contribution is -2.12. The van der Waals surface area contributed by atoms with E-state index in [1.54, 1.807) is 4.68 Å². The summed E-state index contributed by atoms with van der Waals surface area (Å²) in [6, 6.07) is 9.61. The fourth-order valence-electron chi connectivity index (χ4n) is 3.29. The topological polar surface area (TPSA) is 68.0 Å². The zero-order valence-electron chi connectivity index (χ0n) is 12.6. The fraction of sp³-hybridized carbons (Fsp3) is 0.471. The Kier molecular flexibility index (Phi) is 4.51. The average Bonchev–Trinajstić information content (AvgIpc) is 2.99. The van der Waals surface area contributed by atoms with Crippen molar-refractivity contribution in [1.82, 2.24) is 15.0 Å². The van der Waals surface area contributed by atoms with Crippen molar-refractivity contribution >= 4 is 5.97 Å². The van der Waals surface area contributed by atoms with Gasteiger partial charge in [-0.25, -0.2) is 9.48 Å². The summed E-state index contributed by atoms with van der Waals surface area (Å²) in [4.78, 5) is 11.4. The number of aromatic carboxylic acids is 1. The predicted molar refractivity (Wildman–Crippen MR) is 83.2 cm³/mol. The number of nitrogens with zero attached hydrogens (tertiary/aromatic N) is 3. The fourth-order valence-corrected chi connectivity index (χ4v) is 3.29. The van der Waals surface area contributed by atoms with Crippen LogP contribution in [0.1, 0.15) is 54.7 Å². The van der Waals surface area contributed by atoms with Crippen LogP contribution in [0, 0.1) is 5.92 Å². The van der Waals surface area contributed by atoms with Crippen molar-refractivity contribution in [3.63, 3.8) is 0 Å². The first kappa shape index (κ1) is 14.8. The summed E-state index contributed by atoms with van der Waals surface area (Å²) in [6.45, 7) is 0. The zero-order valence-corrected chi connectivity index (χ0v) is 12.6. The highest BCUT2D eigenvalue weighted by molar-refractivity contribution is 5.86. The molecule has 1 heterocycles. The lowest BCUT2D eigenvalue weighted by atomic mass is 9.85. The van der Waals surface area contributed by atoms with E-state index in [0.29, 0.717) is 18.0 Å². The minimum absolute atomic E-state index is 0.0830. The zero-order chi connectivity index (χ0) is 15.4. The van der Waals surface area contributed by atoms with Crippen LogP contribution in [-0.2, 0) is 6.42 Å². The molecule has 0 radical (unpaired) electrons. The van der Waals surface area contributed by atoms with Crippen molar-refractivity contribution in [2.45, 2.75) is 44.9 Å². The van der Waals surface area contributed by atoms with Crippen LogP contribution in [0.15, 0.2) is 30.3 Å². The van der Waals surface area contributed by atoms with E-state index in [1.165, 1.54) is 32.1 Å². The molecule has 1 fully saturated rings. The molecular weight excluding hydrogens is 278 g/mol. The Hall–Kier alpha value is -2.17. The van der Waals surface area contributed by atoms with Gasteiger partial charge < -0.3 is 5.11 Å². The van der Waals surface area contributed by atoms with Crippen LogP contribution in [0.5, 0.6) is 0 Å². The molecule has 0 bridgehead atoms. The Morgan fingerprint density at radius 2 is 1.91 bits per heavy atom. The van der Waals surface area contributed by atoms with Gasteiger partial charge in [0.1, 0.15) is 0 Å². The molecule has 0 amide bonds. The van der Waals surface area contributed by atoms with E-state index in [-0.39, 0.29) is 5.69 Å². The molecule has 22 heavy (non-hydrogen) atoms. The van der Waals surface area contributed by atoms with Crippen molar-refractivity contribution in [2.75, 3.05) is 0 Å². The number of carbonyl (C=O) groups is 1. The van der Waals surface area contributed by atoms with Gasteiger partial charge in [0.05, 0.1) is 11.4 Å². The Bertz CT molecular complexity index is 631. The number of hydrogen-bond donors (Lipinski definition) is 1. The number of benzene rings is 1. The number of hydrogen-bond acceptors (Lipinski definition) is 3. The normalized spacial score (nSPS) is 15.8. The monoisotopic (exact) mass is 299 g/mol. The van der Waals surface area contributed by atoms with Crippen molar-refractivity contribution < 1.29 is 9.90 Å². The summed E-state index contributed by atoms with van der Waals surface area (Å²) in [6.07, 6.45) is 8.18. The molecule has 116 valence electrons. The van der Waals surface area contributed by atoms with Gasteiger partial charge in [0.15, 0.2) is 5.69 Å². The first-order chi connectivity index (χ1) is 10.8. The Morgan fingerprint density at radius 1 is 1.18 bits per heavy atom. The summed E-state index contributed by atoms with van der Waals surface area (Å²) in [7, 11) is 0. The third-order valence-corrected chi connectivity index (χ3v) is 4.48. The van der Waals surface area contributed by atoms with Gasteiger partial charge in [-0.2, -0.15) is 0 Å². The third-order valence-electron chi connectivity index (χ3n) is 4.48. The number of para-hydroxylation sites is 1. The van der Waals surface area contributed by atoms with E-state index < -0.39 is 5.97 Å². The van der Waals surface area contributed by atoms with Crippen LogP contribution in [0.3, 0.4) is 0 Å². The van der Waals surface area contributed by atoms with Crippen LogP contribution >= 0.6 is 0 Å². The molecule has 5 nitrogen and oxygen atoms in total. The van der Waals surface area contributed by atoms with Crippen molar-refractivity contribution in [2.24, 2.45) is 5.92 Å². The van der Waals surface area contributed by atoms with Crippen LogP contribution in [0.25, 0.3) is 5.69 Å². The van der Waals surface area contributed by atoms with Crippen LogP contribution in [-0.4, -0.2) is 26.1 Å². The quantitative estimate of drug-likeness (QED) is 0.917. The Morgan fingerprint density at radius 3 is 2.59 bits per heavy atom. The highest BCUT2D eigenvalue weighted by Crippen LogP contribution is 2.28. The minimum atomic E-state index is -0.999. The lowest BCUT2D eigenvalue weighted by molar-refractivity contribution is 0.0689. The summed E-state index contributed by atoms with van der Waals surface area (Å²) in [5.74, 6) is -0.296. The maximum Gasteiger partial charge on any atom is 0.358 e. The third kappa shape index (κ3) is 3.18. The van der Waals surface area contributed by atoms with Gasteiger partial charge in [0, 0.05) is 0 Å². The molecule has 1 aliphatic carbocycles. The van der Waals surface area contributed by atoms with Gasteiger partial charge >= 0.3 is 5.97 Å². The number of carboxylic acid groups (broad SMARTS) is 1. The molecule has 0 aliphatic heterocycles. The number of aromatic nitrogens is 3. The predicted octanol–water partition coefficient (Wildman–Crippen LogP) is 3.48. The average molecular weight is 299 g/mol. The van der Waals surface area contributed by atoms with Gasteiger partial charge in [-0.05, 0) is 30.9 Å². The van der Waals surface area contributed by atoms with Gasteiger partial charge in [0.2, 0.25) is 0 Å².